The lowest BCUT2D eigenvalue weighted by Gasteiger charge is -2.12. The monoisotopic (exact) mass is 351 g/mol. The zero-order valence-electron chi connectivity index (χ0n) is 15.0. The van der Waals surface area contributed by atoms with Crippen molar-refractivity contribution in [3.8, 4) is 5.75 Å². The van der Waals surface area contributed by atoms with Crippen LogP contribution >= 0.6 is 0 Å². The molecule has 3 rings (SSSR count). The number of benzene rings is 2. The van der Waals surface area contributed by atoms with E-state index >= 15 is 0 Å². The van der Waals surface area contributed by atoms with Gasteiger partial charge in [0.2, 0.25) is 0 Å². The molecule has 1 heterocycles. The number of aromatic nitrogens is 2. The third kappa shape index (κ3) is 5.24. The van der Waals surface area contributed by atoms with Crippen LogP contribution in [-0.2, 0) is 6.42 Å². The van der Waals surface area contributed by atoms with Crippen molar-refractivity contribution >= 4 is 17.0 Å². The highest BCUT2D eigenvalue weighted by molar-refractivity contribution is 5.79. The Bertz CT molecular complexity index is 795. The van der Waals surface area contributed by atoms with Gasteiger partial charge in [0.25, 0.3) is 0 Å². The van der Waals surface area contributed by atoms with Crippen LogP contribution in [0.15, 0.2) is 59.6 Å². The number of nitrogens with zero attached hydrogens (tertiary/aromatic N) is 2. The molecule has 0 aliphatic carbocycles. The Morgan fingerprint density at radius 2 is 1.88 bits per heavy atom. The number of hydrogen-bond acceptors (Lipinski definition) is 3. The molecule has 3 aromatic rings. The first-order valence-electron chi connectivity index (χ1n) is 8.99. The van der Waals surface area contributed by atoms with Crippen molar-refractivity contribution in [1.29, 1.82) is 0 Å². The van der Waals surface area contributed by atoms with Crippen LogP contribution in [0.2, 0.25) is 0 Å². The number of fused-ring (bicyclic) bond motifs is 1. The summed E-state index contributed by atoms with van der Waals surface area (Å²) in [6, 6.07) is 17.9. The predicted molar refractivity (Wildman–Crippen MR) is 106 cm³/mol. The van der Waals surface area contributed by atoms with Gasteiger partial charge in [-0.2, -0.15) is 0 Å². The molecule has 0 unspecified atom stereocenters. The van der Waals surface area contributed by atoms with E-state index in [0.717, 1.165) is 41.5 Å². The molecule has 1 aromatic heterocycles. The van der Waals surface area contributed by atoms with E-state index in [9.17, 15) is 0 Å². The molecule has 26 heavy (non-hydrogen) atoms. The molecule has 0 radical (unpaired) electrons. The van der Waals surface area contributed by atoms with Crippen molar-refractivity contribution in [2.45, 2.75) is 13.3 Å². The number of para-hydroxylation sites is 3. The molecule has 0 aliphatic rings. The second-order valence-corrected chi connectivity index (χ2v) is 5.80. The van der Waals surface area contributed by atoms with Crippen LogP contribution in [0.4, 0.5) is 0 Å². The molecular weight excluding hydrogens is 326 g/mol. The maximum absolute atomic E-state index is 5.68. The number of imidazole rings is 1. The molecule has 136 valence electrons. The van der Waals surface area contributed by atoms with E-state index in [1.165, 1.54) is 0 Å². The Morgan fingerprint density at radius 1 is 1.08 bits per heavy atom. The molecule has 0 spiro atoms. The van der Waals surface area contributed by atoms with Crippen molar-refractivity contribution in [2.24, 2.45) is 4.99 Å². The van der Waals surface area contributed by atoms with Crippen molar-refractivity contribution in [1.82, 2.24) is 20.6 Å². The van der Waals surface area contributed by atoms with Gasteiger partial charge in [-0.15, -0.1) is 0 Å². The van der Waals surface area contributed by atoms with Crippen LogP contribution in [-0.4, -0.2) is 42.2 Å². The third-order valence-electron chi connectivity index (χ3n) is 3.81. The van der Waals surface area contributed by atoms with Crippen molar-refractivity contribution in [3.63, 3.8) is 0 Å². The van der Waals surface area contributed by atoms with Crippen molar-refractivity contribution < 1.29 is 4.74 Å². The first kappa shape index (κ1) is 17.8. The van der Waals surface area contributed by atoms with Crippen LogP contribution in [0.3, 0.4) is 0 Å². The summed E-state index contributed by atoms with van der Waals surface area (Å²) in [4.78, 5) is 12.5. The SMILES string of the molecule is CCNC(=NCCc1nc2ccccc2[nH]1)NCCOc1ccccc1. The highest BCUT2D eigenvalue weighted by Gasteiger charge is 2.02. The quantitative estimate of drug-likeness (QED) is 0.331. The van der Waals surface area contributed by atoms with E-state index in [0.29, 0.717) is 19.7 Å². The van der Waals surface area contributed by atoms with Crippen LogP contribution in [0, 0.1) is 0 Å². The molecule has 0 atom stereocenters. The van der Waals surface area contributed by atoms with Crippen LogP contribution in [0.1, 0.15) is 12.7 Å². The summed E-state index contributed by atoms with van der Waals surface area (Å²) in [6.07, 6.45) is 0.770. The van der Waals surface area contributed by atoms with Gasteiger partial charge in [0, 0.05) is 19.5 Å². The molecule has 2 aromatic carbocycles. The zero-order chi connectivity index (χ0) is 18.0. The van der Waals surface area contributed by atoms with Crippen LogP contribution in [0.25, 0.3) is 11.0 Å². The minimum atomic E-state index is 0.581. The smallest absolute Gasteiger partial charge is 0.191 e. The fourth-order valence-electron chi connectivity index (χ4n) is 2.59. The first-order valence-corrected chi connectivity index (χ1v) is 8.99. The largest absolute Gasteiger partial charge is 0.492 e. The van der Waals surface area contributed by atoms with Crippen molar-refractivity contribution in [2.75, 3.05) is 26.2 Å². The molecule has 3 N–H and O–H groups in total. The van der Waals surface area contributed by atoms with Gasteiger partial charge in [0.15, 0.2) is 5.96 Å². The van der Waals surface area contributed by atoms with Gasteiger partial charge in [-0.3, -0.25) is 4.99 Å². The van der Waals surface area contributed by atoms with Gasteiger partial charge >= 0.3 is 0 Å². The van der Waals surface area contributed by atoms with E-state index in [4.69, 9.17) is 4.74 Å². The number of hydrogen-bond donors (Lipinski definition) is 3. The fraction of sp³-hybridized carbons (Fsp3) is 0.300. The first-order chi connectivity index (χ1) is 12.8. The standard InChI is InChI=1S/C20H25N5O/c1-2-21-20(23-14-15-26-16-8-4-3-5-9-16)22-13-12-19-24-17-10-6-7-11-18(17)25-19/h3-11H,2,12-15H2,1H3,(H,24,25)(H2,21,22,23). The normalized spacial score (nSPS) is 11.5. The minimum Gasteiger partial charge on any atom is -0.492 e. The summed E-state index contributed by atoms with van der Waals surface area (Å²) in [7, 11) is 0. The third-order valence-corrected chi connectivity index (χ3v) is 3.81. The van der Waals surface area contributed by atoms with Gasteiger partial charge in [0.1, 0.15) is 18.2 Å². The van der Waals surface area contributed by atoms with Gasteiger partial charge < -0.3 is 20.4 Å². The Kier molecular flexibility index (Phi) is 6.47. The molecule has 6 heteroatoms. The van der Waals surface area contributed by atoms with Gasteiger partial charge in [0.05, 0.1) is 17.6 Å². The summed E-state index contributed by atoms with van der Waals surface area (Å²) in [5.74, 6) is 2.62. The number of ether oxygens (including phenoxy) is 1. The maximum Gasteiger partial charge on any atom is 0.191 e. The molecule has 0 saturated carbocycles. The van der Waals surface area contributed by atoms with Crippen LogP contribution in [0.5, 0.6) is 5.75 Å². The van der Waals surface area contributed by atoms with E-state index in [1.54, 1.807) is 0 Å². The van der Waals surface area contributed by atoms with E-state index in [-0.39, 0.29) is 0 Å². The lowest BCUT2D eigenvalue weighted by Crippen LogP contribution is -2.39. The van der Waals surface area contributed by atoms with Gasteiger partial charge in [-0.1, -0.05) is 30.3 Å². The van der Waals surface area contributed by atoms with Gasteiger partial charge in [-0.05, 0) is 31.2 Å². The van der Waals surface area contributed by atoms with Crippen molar-refractivity contribution in [3.05, 3.63) is 60.4 Å². The summed E-state index contributed by atoms with van der Waals surface area (Å²) in [5, 5.41) is 6.53. The average Bonchev–Trinajstić information content (AvgIpc) is 3.09. The van der Waals surface area contributed by atoms with E-state index in [2.05, 4.69) is 32.5 Å². The summed E-state index contributed by atoms with van der Waals surface area (Å²) >= 11 is 0. The number of rotatable bonds is 8. The number of guanidine groups is 1. The number of aliphatic imine (C=N–C) groups is 1. The zero-order valence-corrected chi connectivity index (χ0v) is 15.0. The highest BCUT2D eigenvalue weighted by Crippen LogP contribution is 2.10. The second-order valence-electron chi connectivity index (χ2n) is 5.80. The Balaban J connectivity index is 1.45. The van der Waals surface area contributed by atoms with Gasteiger partial charge in [-0.25, -0.2) is 4.98 Å². The fourth-order valence-corrected chi connectivity index (χ4v) is 2.59. The molecule has 0 fully saturated rings. The summed E-state index contributed by atoms with van der Waals surface area (Å²) in [6.45, 7) is 4.80. The predicted octanol–water partition coefficient (Wildman–Crippen LogP) is 2.74. The lowest BCUT2D eigenvalue weighted by atomic mass is 10.3. The summed E-state index contributed by atoms with van der Waals surface area (Å²) in [5.41, 5.74) is 2.06. The lowest BCUT2D eigenvalue weighted by molar-refractivity contribution is 0.322. The summed E-state index contributed by atoms with van der Waals surface area (Å²) < 4.78 is 5.68. The van der Waals surface area contributed by atoms with Crippen LogP contribution < -0.4 is 15.4 Å². The number of aromatic amines is 1. The molecular formula is C20H25N5O. The number of nitrogens with one attached hydrogen (secondary N) is 3. The highest BCUT2D eigenvalue weighted by atomic mass is 16.5. The average molecular weight is 351 g/mol. The van der Waals surface area contributed by atoms with E-state index < -0.39 is 0 Å². The molecule has 0 amide bonds. The number of H-pyrrole nitrogens is 1. The second kappa shape index (κ2) is 9.46. The molecule has 0 aliphatic heterocycles. The van der Waals surface area contributed by atoms with E-state index in [1.807, 2.05) is 54.6 Å². The topological polar surface area (TPSA) is 74.3 Å². The Labute approximate surface area is 153 Å². The Morgan fingerprint density at radius 3 is 2.69 bits per heavy atom. The Hall–Kier alpha value is -3.02. The molecule has 0 bridgehead atoms. The maximum atomic E-state index is 5.68. The molecule has 6 nitrogen and oxygen atoms in total. The molecule has 0 saturated heterocycles. The minimum absolute atomic E-state index is 0.581.